The van der Waals surface area contributed by atoms with Crippen molar-refractivity contribution < 1.29 is 4.92 Å². The molecule has 0 aliphatic carbocycles. The third-order valence-corrected chi connectivity index (χ3v) is 2.79. The van der Waals surface area contributed by atoms with E-state index in [1.807, 2.05) is 6.92 Å². The second kappa shape index (κ2) is 5.62. The Morgan fingerprint density at radius 3 is 2.84 bits per heavy atom. The molecule has 2 rings (SSSR count). The van der Waals surface area contributed by atoms with E-state index in [1.165, 1.54) is 18.2 Å². The van der Waals surface area contributed by atoms with E-state index in [0.29, 0.717) is 16.4 Å². The molecule has 1 aromatic carbocycles. The quantitative estimate of drug-likeness (QED) is 0.686. The molecule has 0 radical (unpaired) electrons. The highest BCUT2D eigenvalue weighted by Crippen LogP contribution is 2.30. The first-order valence-corrected chi connectivity index (χ1v) is 5.92. The average molecular weight is 279 g/mol. The highest BCUT2D eigenvalue weighted by atomic mass is 35.5. The van der Waals surface area contributed by atoms with Crippen LogP contribution in [0.3, 0.4) is 0 Å². The van der Waals surface area contributed by atoms with Crippen molar-refractivity contribution in [3.05, 3.63) is 57.6 Å². The van der Waals surface area contributed by atoms with Gasteiger partial charge in [0.25, 0.3) is 5.69 Å². The molecule has 1 atom stereocenters. The largest absolute Gasteiger partial charge is 0.371 e. The van der Waals surface area contributed by atoms with Gasteiger partial charge in [-0.15, -0.1) is 0 Å². The van der Waals surface area contributed by atoms with Crippen LogP contribution in [0.5, 0.6) is 0 Å². The number of nitro benzene ring substituents is 1. The molecule has 0 aliphatic heterocycles. The topological polar surface area (TPSA) is 81.0 Å². The Balaban J connectivity index is 2.28. The summed E-state index contributed by atoms with van der Waals surface area (Å²) in [4.78, 5) is 18.6. The van der Waals surface area contributed by atoms with Gasteiger partial charge in [-0.3, -0.25) is 20.1 Å². The van der Waals surface area contributed by atoms with Crippen LogP contribution in [0.15, 0.2) is 36.8 Å². The molecule has 0 fully saturated rings. The molecule has 2 aromatic rings. The minimum absolute atomic E-state index is 0.0276. The van der Waals surface area contributed by atoms with Crippen LogP contribution in [0.2, 0.25) is 5.02 Å². The number of anilines is 1. The molecule has 1 aromatic heterocycles. The number of nitrogens with one attached hydrogen (secondary N) is 1. The lowest BCUT2D eigenvalue weighted by Crippen LogP contribution is -2.10. The summed E-state index contributed by atoms with van der Waals surface area (Å²) in [6.07, 6.45) is 4.74. The fraction of sp³-hybridized carbons (Fsp3) is 0.167. The van der Waals surface area contributed by atoms with Gasteiger partial charge in [0.15, 0.2) is 0 Å². The molecule has 7 heteroatoms. The molecule has 6 nitrogen and oxygen atoms in total. The van der Waals surface area contributed by atoms with Gasteiger partial charge < -0.3 is 5.32 Å². The zero-order chi connectivity index (χ0) is 13.8. The fourth-order valence-corrected chi connectivity index (χ4v) is 1.80. The van der Waals surface area contributed by atoms with Gasteiger partial charge in [0.2, 0.25) is 0 Å². The van der Waals surface area contributed by atoms with E-state index in [2.05, 4.69) is 15.3 Å². The van der Waals surface area contributed by atoms with Gasteiger partial charge in [0.05, 0.1) is 22.9 Å². The summed E-state index contributed by atoms with van der Waals surface area (Å²) in [5.41, 5.74) is 1.02. The monoisotopic (exact) mass is 278 g/mol. The van der Waals surface area contributed by atoms with E-state index in [1.54, 1.807) is 18.6 Å². The third-order valence-electron chi connectivity index (χ3n) is 2.55. The molecular weight excluding hydrogens is 268 g/mol. The lowest BCUT2D eigenvalue weighted by Gasteiger charge is -2.14. The number of nitro groups is 1. The van der Waals surface area contributed by atoms with Gasteiger partial charge in [0.1, 0.15) is 5.69 Å². The van der Waals surface area contributed by atoms with E-state index in [4.69, 9.17) is 11.6 Å². The van der Waals surface area contributed by atoms with E-state index in [-0.39, 0.29) is 11.7 Å². The molecule has 0 aliphatic rings. The maximum atomic E-state index is 10.9. The van der Waals surface area contributed by atoms with Crippen LogP contribution in [0.4, 0.5) is 11.4 Å². The van der Waals surface area contributed by atoms with Crippen molar-refractivity contribution in [1.82, 2.24) is 9.97 Å². The fourth-order valence-electron chi connectivity index (χ4n) is 1.62. The van der Waals surface area contributed by atoms with Crippen molar-refractivity contribution in [3.63, 3.8) is 0 Å². The van der Waals surface area contributed by atoms with Crippen molar-refractivity contribution in [2.24, 2.45) is 0 Å². The zero-order valence-corrected chi connectivity index (χ0v) is 10.8. The zero-order valence-electron chi connectivity index (χ0n) is 10.1. The van der Waals surface area contributed by atoms with Crippen LogP contribution in [-0.2, 0) is 0 Å². The predicted molar refractivity (Wildman–Crippen MR) is 72.2 cm³/mol. The summed E-state index contributed by atoms with van der Waals surface area (Å²) < 4.78 is 0. The first kappa shape index (κ1) is 13.2. The van der Waals surface area contributed by atoms with Crippen LogP contribution >= 0.6 is 11.6 Å². The van der Waals surface area contributed by atoms with Gasteiger partial charge in [-0.1, -0.05) is 11.6 Å². The standard InChI is InChI=1S/C12H11ClN4O2/c1-8(11-7-14-4-5-15-11)16-10-6-9(13)2-3-12(10)17(18)19/h2-8,16H,1H3. The van der Waals surface area contributed by atoms with Crippen molar-refractivity contribution in [2.45, 2.75) is 13.0 Å². The van der Waals surface area contributed by atoms with Crippen molar-refractivity contribution in [1.29, 1.82) is 0 Å². The summed E-state index contributed by atoms with van der Waals surface area (Å²) >= 11 is 5.86. The van der Waals surface area contributed by atoms with Crippen LogP contribution < -0.4 is 5.32 Å². The molecule has 0 spiro atoms. The Labute approximate surface area is 114 Å². The molecule has 98 valence electrons. The molecule has 0 saturated heterocycles. The Morgan fingerprint density at radius 1 is 1.42 bits per heavy atom. The Hall–Kier alpha value is -2.21. The van der Waals surface area contributed by atoms with Crippen molar-refractivity contribution >= 4 is 23.0 Å². The SMILES string of the molecule is CC(Nc1cc(Cl)ccc1[N+](=O)[O-])c1cnccn1. The normalized spacial score (nSPS) is 11.9. The number of nitrogens with zero attached hydrogens (tertiary/aromatic N) is 3. The number of hydrogen-bond donors (Lipinski definition) is 1. The van der Waals surface area contributed by atoms with Crippen LogP contribution in [0.25, 0.3) is 0 Å². The second-order valence-corrected chi connectivity index (χ2v) is 4.35. The highest BCUT2D eigenvalue weighted by Gasteiger charge is 2.16. The molecule has 0 bridgehead atoms. The first-order valence-electron chi connectivity index (χ1n) is 5.54. The van der Waals surface area contributed by atoms with Crippen molar-refractivity contribution in [3.8, 4) is 0 Å². The maximum Gasteiger partial charge on any atom is 0.292 e. The van der Waals surface area contributed by atoms with E-state index >= 15 is 0 Å². The van der Waals surface area contributed by atoms with E-state index in [0.717, 1.165) is 0 Å². The summed E-state index contributed by atoms with van der Waals surface area (Å²) in [6, 6.07) is 4.16. The number of hydrogen-bond acceptors (Lipinski definition) is 5. The first-order chi connectivity index (χ1) is 9.08. The van der Waals surface area contributed by atoms with Gasteiger partial charge in [-0.05, 0) is 19.1 Å². The molecule has 1 N–H and O–H groups in total. The average Bonchev–Trinajstić information content (AvgIpc) is 2.39. The van der Waals surface area contributed by atoms with Gasteiger partial charge in [0, 0.05) is 23.5 Å². The van der Waals surface area contributed by atoms with E-state index < -0.39 is 4.92 Å². The third kappa shape index (κ3) is 3.17. The van der Waals surface area contributed by atoms with Gasteiger partial charge >= 0.3 is 0 Å². The maximum absolute atomic E-state index is 10.9. The summed E-state index contributed by atoms with van der Waals surface area (Å²) in [5, 5.41) is 14.4. The Kier molecular flexibility index (Phi) is 3.91. The summed E-state index contributed by atoms with van der Waals surface area (Å²) in [6.45, 7) is 1.84. The molecular formula is C12H11ClN4O2. The Morgan fingerprint density at radius 2 is 2.21 bits per heavy atom. The van der Waals surface area contributed by atoms with Crippen LogP contribution in [-0.4, -0.2) is 14.9 Å². The number of halogens is 1. The van der Waals surface area contributed by atoms with Gasteiger partial charge in [-0.25, -0.2) is 0 Å². The number of benzene rings is 1. The molecule has 0 saturated carbocycles. The Bertz CT molecular complexity index is 592. The molecule has 1 heterocycles. The molecule has 0 amide bonds. The molecule has 1 unspecified atom stereocenters. The highest BCUT2D eigenvalue weighted by molar-refractivity contribution is 6.31. The van der Waals surface area contributed by atoms with Crippen LogP contribution in [0, 0.1) is 10.1 Å². The predicted octanol–water partition coefficient (Wildman–Crippen LogP) is 3.21. The lowest BCUT2D eigenvalue weighted by molar-refractivity contribution is -0.384. The van der Waals surface area contributed by atoms with E-state index in [9.17, 15) is 10.1 Å². The van der Waals surface area contributed by atoms with Crippen LogP contribution in [0.1, 0.15) is 18.7 Å². The number of rotatable bonds is 4. The minimum Gasteiger partial charge on any atom is -0.371 e. The lowest BCUT2D eigenvalue weighted by atomic mass is 10.2. The summed E-state index contributed by atoms with van der Waals surface area (Å²) in [7, 11) is 0. The minimum atomic E-state index is -0.456. The van der Waals surface area contributed by atoms with Crippen molar-refractivity contribution in [2.75, 3.05) is 5.32 Å². The smallest absolute Gasteiger partial charge is 0.292 e. The molecule has 19 heavy (non-hydrogen) atoms. The number of aromatic nitrogens is 2. The second-order valence-electron chi connectivity index (χ2n) is 3.91. The summed E-state index contributed by atoms with van der Waals surface area (Å²) in [5.74, 6) is 0. The van der Waals surface area contributed by atoms with Gasteiger partial charge in [-0.2, -0.15) is 0 Å².